The van der Waals surface area contributed by atoms with Gasteiger partial charge in [-0.15, -0.1) is 0 Å². The second-order valence-corrected chi connectivity index (χ2v) is 5.37. The molecule has 0 bridgehead atoms. The van der Waals surface area contributed by atoms with Gasteiger partial charge < -0.3 is 10.1 Å². The summed E-state index contributed by atoms with van der Waals surface area (Å²) in [7, 11) is 0. The summed E-state index contributed by atoms with van der Waals surface area (Å²) in [6.45, 7) is 2.04. The van der Waals surface area contributed by atoms with E-state index in [0.717, 1.165) is 9.58 Å². The molecule has 2 aromatic rings. The van der Waals surface area contributed by atoms with Gasteiger partial charge in [0.15, 0.2) is 12.3 Å². The van der Waals surface area contributed by atoms with Gasteiger partial charge in [-0.2, -0.15) is 5.10 Å². The predicted octanol–water partition coefficient (Wildman–Crippen LogP) is 0.125. The SMILES string of the molecule is CCn1nc(C(=O)OCC(=O)N2CCNC2=O)c2ccccc2c1=O. The molecule has 1 aromatic carbocycles. The molecule has 130 valence electrons. The molecule has 0 saturated carbocycles. The Bertz CT molecular complexity index is 920. The van der Waals surface area contributed by atoms with Crippen LogP contribution in [-0.2, 0) is 16.1 Å². The Morgan fingerprint density at radius 2 is 1.96 bits per heavy atom. The maximum Gasteiger partial charge on any atom is 0.359 e. The van der Waals surface area contributed by atoms with Crippen LogP contribution in [0.2, 0.25) is 0 Å². The molecule has 9 nitrogen and oxygen atoms in total. The Hall–Kier alpha value is -3.23. The molecule has 25 heavy (non-hydrogen) atoms. The molecule has 1 aromatic heterocycles. The van der Waals surface area contributed by atoms with Crippen LogP contribution in [0.1, 0.15) is 17.4 Å². The third-order valence-corrected chi connectivity index (χ3v) is 3.85. The number of esters is 1. The molecule has 0 radical (unpaired) electrons. The third kappa shape index (κ3) is 3.08. The highest BCUT2D eigenvalue weighted by Gasteiger charge is 2.27. The molecule has 0 unspecified atom stereocenters. The monoisotopic (exact) mass is 344 g/mol. The molecular formula is C16H16N4O5. The van der Waals surface area contributed by atoms with Crippen LogP contribution in [0.5, 0.6) is 0 Å². The van der Waals surface area contributed by atoms with Gasteiger partial charge in [-0.3, -0.25) is 14.5 Å². The smallest absolute Gasteiger partial charge is 0.359 e. The molecule has 1 fully saturated rings. The lowest BCUT2D eigenvalue weighted by atomic mass is 10.1. The van der Waals surface area contributed by atoms with Crippen molar-refractivity contribution in [3.05, 3.63) is 40.3 Å². The van der Waals surface area contributed by atoms with Gasteiger partial charge in [0.25, 0.3) is 11.5 Å². The van der Waals surface area contributed by atoms with Crippen LogP contribution >= 0.6 is 0 Å². The molecule has 1 N–H and O–H groups in total. The van der Waals surface area contributed by atoms with Gasteiger partial charge in [0.05, 0.1) is 5.39 Å². The van der Waals surface area contributed by atoms with E-state index < -0.39 is 24.5 Å². The molecule has 0 spiro atoms. The van der Waals surface area contributed by atoms with Crippen molar-refractivity contribution in [3.63, 3.8) is 0 Å². The lowest BCUT2D eigenvalue weighted by Gasteiger charge is -2.13. The van der Waals surface area contributed by atoms with Crippen molar-refractivity contribution in [3.8, 4) is 0 Å². The quantitative estimate of drug-likeness (QED) is 0.789. The average Bonchev–Trinajstić information content (AvgIpc) is 3.06. The van der Waals surface area contributed by atoms with E-state index in [1.165, 1.54) is 0 Å². The van der Waals surface area contributed by atoms with E-state index in [0.29, 0.717) is 17.3 Å². The van der Waals surface area contributed by atoms with Gasteiger partial charge in [-0.1, -0.05) is 18.2 Å². The van der Waals surface area contributed by atoms with Crippen molar-refractivity contribution in [1.29, 1.82) is 0 Å². The molecule has 0 atom stereocenters. The third-order valence-electron chi connectivity index (χ3n) is 3.85. The van der Waals surface area contributed by atoms with Gasteiger partial charge in [-0.25, -0.2) is 14.3 Å². The maximum absolute atomic E-state index is 12.4. The summed E-state index contributed by atoms with van der Waals surface area (Å²) >= 11 is 0. The number of hydrogen-bond acceptors (Lipinski definition) is 6. The van der Waals surface area contributed by atoms with Crippen molar-refractivity contribution in [2.45, 2.75) is 13.5 Å². The Morgan fingerprint density at radius 3 is 2.60 bits per heavy atom. The molecule has 0 aliphatic carbocycles. The Morgan fingerprint density at radius 1 is 1.24 bits per heavy atom. The fraction of sp³-hybridized carbons (Fsp3) is 0.312. The topological polar surface area (TPSA) is 111 Å². The van der Waals surface area contributed by atoms with Gasteiger partial charge >= 0.3 is 12.0 Å². The van der Waals surface area contributed by atoms with Gasteiger partial charge in [0, 0.05) is 25.0 Å². The van der Waals surface area contributed by atoms with Crippen molar-refractivity contribution >= 4 is 28.7 Å². The number of amides is 3. The summed E-state index contributed by atoms with van der Waals surface area (Å²) in [4.78, 5) is 49.0. The highest BCUT2D eigenvalue weighted by atomic mass is 16.5. The lowest BCUT2D eigenvalue weighted by molar-refractivity contribution is -0.130. The standard InChI is InChI=1S/C16H16N4O5/c1-2-20-14(22)11-6-4-3-5-10(11)13(18-20)15(23)25-9-12(21)19-8-7-17-16(19)24/h3-6H,2,7-9H2,1H3,(H,17,24). The number of nitrogens with zero attached hydrogens (tertiary/aromatic N) is 3. The van der Waals surface area contributed by atoms with E-state index in [9.17, 15) is 19.2 Å². The first-order valence-corrected chi connectivity index (χ1v) is 7.78. The maximum atomic E-state index is 12.4. The number of aromatic nitrogens is 2. The normalized spacial score (nSPS) is 13.8. The average molecular weight is 344 g/mol. The van der Waals surface area contributed by atoms with Crippen LogP contribution in [0.25, 0.3) is 10.8 Å². The van der Waals surface area contributed by atoms with E-state index in [4.69, 9.17) is 4.74 Å². The summed E-state index contributed by atoms with van der Waals surface area (Å²) in [6, 6.07) is 6.05. The van der Waals surface area contributed by atoms with E-state index >= 15 is 0 Å². The summed E-state index contributed by atoms with van der Waals surface area (Å²) in [6.07, 6.45) is 0. The number of benzene rings is 1. The molecule has 1 saturated heterocycles. The molecule has 2 heterocycles. The minimum atomic E-state index is -0.827. The van der Waals surface area contributed by atoms with Gasteiger partial charge in [0.1, 0.15) is 0 Å². The highest BCUT2D eigenvalue weighted by Crippen LogP contribution is 2.14. The number of fused-ring (bicyclic) bond motifs is 1. The fourth-order valence-electron chi connectivity index (χ4n) is 2.58. The molecule has 1 aliphatic heterocycles. The highest BCUT2D eigenvalue weighted by molar-refractivity contribution is 6.03. The number of aryl methyl sites for hydroxylation is 1. The summed E-state index contributed by atoms with van der Waals surface area (Å²) < 4.78 is 6.17. The first-order valence-electron chi connectivity index (χ1n) is 7.78. The molecule has 3 amide bonds. The lowest BCUT2D eigenvalue weighted by Crippen LogP contribution is -2.37. The zero-order valence-corrected chi connectivity index (χ0v) is 13.5. The number of ether oxygens (including phenoxy) is 1. The molecule has 1 aliphatic rings. The molecule has 9 heteroatoms. The number of nitrogens with one attached hydrogen (secondary N) is 1. The van der Waals surface area contributed by atoms with Crippen molar-refractivity contribution < 1.29 is 19.1 Å². The molecule has 3 rings (SSSR count). The molecular weight excluding hydrogens is 328 g/mol. The number of carbonyl (C=O) groups is 3. The predicted molar refractivity (Wildman–Crippen MR) is 87.1 cm³/mol. The summed E-state index contributed by atoms with van der Waals surface area (Å²) in [5.41, 5.74) is -0.352. The van der Waals surface area contributed by atoms with Crippen LogP contribution in [0.15, 0.2) is 29.1 Å². The van der Waals surface area contributed by atoms with Crippen LogP contribution in [-0.4, -0.2) is 52.3 Å². The van der Waals surface area contributed by atoms with Crippen LogP contribution in [0.4, 0.5) is 4.79 Å². The largest absolute Gasteiger partial charge is 0.451 e. The minimum absolute atomic E-state index is 0.0456. The first kappa shape index (κ1) is 16.6. The van der Waals surface area contributed by atoms with Crippen LogP contribution in [0.3, 0.4) is 0 Å². The second kappa shape index (κ2) is 6.71. The van der Waals surface area contributed by atoms with Crippen molar-refractivity contribution in [1.82, 2.24) is 20.0 Å². The van der Waals surface area contributed by atoms with Gasteiger partial charge in [-0.05, 0) is 13.0 Å². The van der Waals surface area contributed by atoms with Gasteiger partial charge in [0.2, 0.25) is 0 Å². The number of carbonyl (C=O) groups excluding carboxylic acids is 3. The van der Waals surface area contributed by atoms with E-state index in [-0.39, 0.29) is 24.3 Å². The minimum Gasteiger partial charge on any atom is -0.451 e. The van der Waals surface area contributed by atoms with Crippen molar-refractivity contribution in [2.75, 3.05) is 19.7 Å². The van der Waals surface area contributed by atoms with Crippen molar-refractivity contribution in [2.24, 2.45) is 0 Å². The van der Waals surface area contributed by atoms with E-state index in [1.807, 2.05) is 0 Å². The number of urea groups is 1. The van der Waals surface area contributed by atoms with Crippen LogP contribution < -0.4 is 10.9 Å². The second-order valence-electron chi connectivity index (χ2n) is 5.37. The Kier molecular flexibility index (Phi) is 4.46. The summed E-state index contributed by atoms with van der Waals surface area (Å²) in [5, 5.41) is 7.22. The Balaban J connectivity index is 1.85. The zero-order chi connectivity index (χ0) is 18.0. The van der Waals surface area contributed by atoms with E-state index in [2.05, 4.69) is 10.4 Å². The van der Waals surface area contributed by atoms with Crippen LogP contribution in [0, 0.1) is 0 Å². The number of rotatable bonds is 4. The van der Waals surface area contributed by atoms with E-state index in [1.54, 1.807) is 31.2 Å². The number of imide groups is 1. The zero-order valence-electron chi connectivity index (χ0n) is 13.5. The summed E-state index contributed by atoms with van der Waals surface area (Å²) in [5.74, 6) is -1.44. The Labute approximate surface area is 142 Å². The number of hydrogen-bond donors (Lipinski definition) is 1. The fourth-order valence-corrected chi connectivity index (χ4v) is 2.58. The first-order chi connectivity index (χ1) is 12.0.